The van der Waals surface area contributed by atoms with Crippen LogP contribution in [-0.2, 0) is 10.1 Å². The summed E-state index contributed by atoms with van der Waals surface area (Å²) in [5, 5.41) is 0. The van der Waals surface area contributed by atoms with Crippen molar-refractivity contribution in [3.63, 3.8) is 0 Å². The third kappa shape index (κ3) is 12.2. The van der Waals surface area contributed by atoms with Crippen molar-refractivity contribution in [3.8, 4) is 0 Å². The van der Waals surface area contributed by atoms with Gasteiger partial charge in [0.2, 0.25) is 0 Å². The molecule has 0 aromatic rings. The molecule has 0 bridgehead atoms. The molecule has 0 heterocycles. The fourth-order valence-electron chi connectivity index (χ4n) is 0.267. The standard InChI is InChI=1S/C4H9O3S.Na.H/c1-2-3-4-8(5,6)7;;/h2H,3-4H2,1H3,(H,5,6,7);;. The summed E-state index contributed by atoms with van der Waals surface area (Å²) in [6, 6.07) is 0. The average molecular weight is 161 g/mol. The van der Waals surface area contributed by atoms with Gasteiger partial charge in [-0.3, -0.25) is 4.55 Å². The van der Waals surface area contributed by atoms with Crippen molar-refractivity contribution >= 4 is 39.7 Å². The molecule has 0 aliphatic rings. The van der Waals surface area contributed by atoms with Gasteiger partial charge in [-0.05, 0) is 12.8 Å². The molecule has 0 atom stereocenters. The molecule has 0 saturated carbocycles. The van der Waals surface area contributed by atoms with Crippen LogP contribution >= 0.6 is 0 Å². The van der Waals surface area contributed by atoms with Gasteiger partial charge < -0.3 is 0 Å². The monoisotopic (exact) mass is 161 g/mol. The average Bonchev–Trinajstić information content (AvgIpc) is 1.59. The third-order valence-electron chi connectivity index (χ3n) is 0.664. The van der Waals surface area contributed by atoms with Crippen LogP contribution in [0.15, 0.2) is 0 Å². The zero-order valence-electron chi connectivity index (χ0n) is 4.66. The summed E-state index contributed by atoms with van der Waals surface area (Å²) in [5.41, 5.74) is 0. The molecule has 0 spiro atoms. The predicted octanol–water partition coefficient (Wildman–Crippen LogP) is -0.160. The van der Waals surface area contributed by atoms with Crippen molar-refractivity contribution in [1.82, 2.24) is 0 Å². The Labute approximate surface area is 77.9 Å². The normalized spacial score (nSPS) is 10.4. The van der Waals surface area contributed by atoms with E-state index >= 15 is 0 Å². The Bertz CT molecular complexity index is 140. The molecule has 0 rings (SSSR count). The van der Waals surface area contributed by atoms with Crippen LogP contribution in [0.3, 0.4) is 0 Å². The Kier molecular flexibility index (Phi) is 7.93. The molecular formula is C4H10NaO3S. The topological polar surface area (TPSA) is 54.4 Å². The van der Waals surface area contributed by atoms with E-state index < -0.39 is 10.1 Å². The molecule has 1 radical (unpaired) electrons. The molecule has 51 valence electrons. The van der Waals surface area contributed by atoms with Gasteiger partial charge in [0.25, 0.3) is 10.1 Å². The van der Waals surface area contributed by atoms with Crippen LogP contribution in [0.2, 0.25) is 0 Å². The molecule has 0 aliphatic heterocycles. The third-order valence-corrected chi connectivity index (χ3v) is 1.42. The molecule has 0 aliphatic carbocycles. The van der Waals surface area contributed by atoms with E-state index in [0.29, 0.717) is 6.42 Å². The van der Waals surface area contributed by atoms with Crippen LogP contribution in [0.1, 0.15) is 13.3 Å². The van der Waals surface area contributed by atoms with Crippen molar-refractivity contribution in [2.24, 2.45) is 0 Å². The van der Waals surface area contributed by atoms with Crippen molar-refractivity contribution in [2.45, 2.75) is 13.3 Å². The SMILES string of the molecule is C[CH]CCS(=O)(=O)O.[NaH]. The molecule has 3 nitrogen and oxygen atoms in total. The zero-order valence-corrected chi connectivity index (χ0v) is 5.48. The van der Waals surface area contributed by atoms with Crippen LogP contribution in [0.25, 0.3) is 0 Å². The Morgan fingerprint density at radius 2 is 2.00 bits per heavy atom. The first kappa shape index (κ1) is 12.6. The fraction of sp³-hybridized carbons (Fsp3) is 0.750. The van der Waals surface area contributed by atoms with E-state index in [-0.39, 0.29) is 35.3 Å². The van der Waals surface area contributed by atoms with Crippen LogP contribution in [0.4, 0.5) is 0 Å². The number of unbranched alkanes of at least 4 members (excludes halogenated alkanes) is 1. The number of rotatable bonds is 3. The zero-order chi connectivity index (χ0) is 6.62. The van der Waals surface area contributed by atoms with Crippen LogP contribution in [0.5, 0.6) is 0 Å². The molecule has 0 amide bonds. The number of hydrogen-bond donors (Lipinski definition) is 1. The van der Waals surface area contributed by atoms with Gasteiger partial charge in [0.05, 0.1) is 5.75 Å². The van der Waals surface area contributed by atoms with Crippen molar-refractivity contribution in [1.29, 1.82) is 0 Å². The van der Waals surface area contributed by atoms with Gasteiger partial charge >= 0.3 is 29.6 Å². The minimum atomic E-state index is -3.72. The molecular weight excluding hydrogens is 151 g/mol. The Morgan fingerprint density at radius 3 is 2.11 bits per heavy atom. The van der Waals surface area contributed by atoms with Gasteiger partial charge in [-0.1, -0.05) is 6.92 Å². The van der Waals surface area contributed by atoms with Crippen LogP contribution < -0.4 is 0 Å². The van der Waals surface area contributed by atoms with E-state index in [1.807, 2.05) is 0 Å². The second-order valence-corrected chi connectivity index (χ2v) is 3.06. The van der Waals surface area contributed by atoms with Crippen LogP contribution in [0, 0.1) is 6.42 Å². The molecule has 0 aromatic carbocycles. The van der Waals surface area contributed by atoms with E-state index in [1.54, 1.807) is 13.3 Å². The van der Waals surface area contributed by atoms with Gasteiger partial charge in [-0.15, -0.1) is 0 Å². The van der Waals surface area contributed by atoms with E-state index in [1.165, 1.54) is 0 Å². The maximum atomic E-state index is 9.93. The Balaban J connectivity index is 0. The minimum absolute atomic E-state index is 0. The quantitative estimate of drug-likeness (QED) is 0.462. The summed E-state index contributed by atoms with van der Waals surface area (Å²) >= 11 is 0. The molecule has 5 heteroatoms. The van der Waals surface area contributed by atoms with E-state index in [9.17, 15) is 8.42 Å². The summed E-state index contributed by atoms with van der Waals surface area (Å²) < 4.78 is 28.0. The van der Waals surface area contributed by atoms with E-state index in [0.717, 1.165) is 0 Å². The second-order valence-electron chi connectivity index (χ2n) is 1.48. The first-order chi connectivity index (χ1) is 3.56. The summed E-state index contributed by atoms with van der Waals surface area (Å²) in [6.45, 7) is 1.74. The van der Waals surface area contributed by atoms with Gasteiger partial charge in [0.1, 0.15) is 0 Å². The van der Waals surface area contributed by atoms with Gasteiger partial charge in [-0.25, -0.2) is 0 Å². The summed E-state index contributed by atoms with van der Waals surface area (Å²) in [5.74, 6) is -0.163. The number of hydrogen-bond acceptors (Lipinski definition) is 2. The fourth-order valence-corrected chi connectivity index (χ4v) is 0.800. The summed E-state index contributed by atoms with van der Waals surface area (Å²) in [4.78, 5) is 0. The van der Waals surface area contributed by atoms with E-state index in [2.05, 4.69) is 0 Å². The maximum absolute atomic E-state index is 9.93. The summed E-state index contributed by atoms with van der Waals surface area (Å²) in [6.07, 6.45) is 2.10. The molecule has 0 aromatic heterocycles. The van der Waals surface area contributed by atoms with Crippen molar-refractivity contribution in [2.75, 3.05) is 5.75 Å². The molecule has 9 heavy (non-hydrogen) atoms. The van der Waals surface area contributed by atoms with Crippen LogP contribution in [-0.4, -0.2) is 48.3 Å². The molecule has 0 unspecified atom stereocenters. The predicted molar refractivity (Wildman–Crippen MR) is 38.2 cm³/mol. The second kappa shape index (κ2) is 5.68. The van der Waals surface area contributed by atoms with Gasteiger partial charge in [0, 0.05) is 0 Å². The summed E-state index contributed by atoms with van der Waals surface area (Å²) in [7, 11) is -3.72. The van der Waals surface area contributed by atoms with Crippen molar-refractivity contribution in [3.05, 3.63) is 6.42 Å². The Hall–Kier alpha value is 0.910. The van der Waals surface area contributed by atoms with E-state index in [4.69, 9.17) is 4.55 Å². The molecule has 0 saturated heterocycles. The van der Waals surface area contributed by atoms with Crippen molar-refractivity contribution < 1.29 is 13.0 Å². The molecule has 0 fully saturated rings. The first-order valence-electron chi connectivity index (χ1n) is 2.29. The van der Waals surface area contributed by atoms with Gasteiger partial charge in [-0.2, -0.15) is 8.42 Å². The first-order valence-corrected chi connectivity index (χ1v) is 3.90. The Morgan fingerprint density at radius 1 is 1.56 bits per heavy atom. The van der Waals surface area contributed by atoms with Gasteiger partial charge in [0.15, 0.2) is 0 Å². The molecule has 1 N–H and O–H groups in total.